The highest BCUT2D eigenvalue weighted by Gasteiger charge is 2.23. The standard InChI is InChI=1S/C14H22N4O2/c1-15-14(19)11-8-9-13(18-17-11)16-10-6-4-3-5-7-12(10)20-2/h8-10,12H,3-7H2,1-2H3,(H,15,19)(H,16,18)/t10-,12-/m0/s1. The predicted molar refractivity (Wildman–Crippen MR) is 76.7 cm³/mol. The number of hydrogen-bond acceptors (Lipinski definition) is 5. The van der Waals surface area contributed by atoms with E-state index in [0.29, 0.717) is 11.5 Å². The molecule has 2 rings (SSSR count). The van der Waals surface area contributed by atoms with Crippen LogP contribution in [0.4, 0.5) is 5.82 Å². The topological polar surface area (TPSA) is 76.1 Å². The van der Waals surface area contributed by atoms with Gasteiger partial charge in [0.05, 0.1) is 12.1 Å². The van der Waals surface area contributed by atoms with Crippen molar-refractivity contribution in [1.29, 1.82) is 0 Å². The van der Waals surface area contributed by atoms with E-state index in [9.17, 15) is 4.79 Å². The van der Waals surface area contributed by atoms with E-state index >= 15 is 0 Å². The third-order valence-corrected chi connectivity index (χ3v) is 3.71. The molecule has 20 heavy (non-hydrogen) atoms. The largest absolute Gasteiger partial charge is 0.379 e. The molecule has 0 radical (unpaired) electrons. The molecule has 1 aromatic rings. The number of ether oxygens (including phenoxy) is 1. The van der Waals surface area contributed by atoms with Crippen LogP contribution in [0.25, 0.3) is 0 Å². The molecule has 1 saturated carbocycles. The Morgan fingerprint density at radius 3 is 2.70 bits per heavy atom. The van der Waals surface area contributed by atoms with E-state index in [-0.39, 0.29) is 18.1 Å². The number of nitrogens with zero attached hydrogens (tertiary/aromatic N) is 2. The molecule has 0 bridgehead atoms. The van der Waals surface area contributed by atoms with Crippen molar-refractivity contribution in [3.63, 3.8) is 0 Å². The van der Waals surface area contributed by atoms with Crippen LogP contribution in [0.3, 0.4) is 0 Å². The molecular weight excluding hydrogens is 256 g/mol. The predicted octanol–water partition coefficient (Wildman–Crippen LogP) is 1.60. The van der Waals surface area contributed by atoms with Crippen LogP contribution in [0.5, 0.6) is 0 Å². The minimum absolute atomic E-state index is 0.206. The minimum Gasteiger partial charge on any atom is -0.379 e. The summed E-state index contributed by atoms with van der Waals surface area (Å²) in [6.45, 7) is 0. The molecule has 0 saturated heterocycles. The fourth-order valence-electron chi connectivity index (χ4n) is 2.57. The lowest BCUT2D eigenvalue weighted by molar-refractivity contribution is 0.0805. The highest BCUT2D eigenvalue weighted by atomic mass is 16.5. The molecule has 0 spiro atoms. The Morgan fingerprint density at radius 1 is 1.25 bits per heavy atom. The number of aromatic nitrogens is 2. The number of hydrogen-bond donors (Lipinski definition) is 2. The highest BCUT2D eigenvalue weighted by molar-refractivity contribution is 5.91. The minimum atomic E-state index is -0.228. The van der Waals surface area contributed by atoms with Gasteiger partial charge in [-0.1, -0.05) is 19.3 Å². The van der Waals surface area contributed by atoms with Crippen molar-refractivity contribution in [2.24, 2.45) is 0 Å². The Balaban J connectivity index is 2.02. The molecule has 2 atom stereocenters. The molecule has 6 nitrogen and oxygen atoms in total. The molecule has 1 aliphatic rings. The molecule has 6 heteroatoms. The second-order valence-electron chi connectivity index (χ2n) is 5.05. The molecule has 1 fully saturated rings. The van der Waals surface area contributed by atoms with Gasteiger partial charge in [-0.2, -0.15) is 0 Å². The van der Waals surface area contributed by atoms with Crippen molar-refractivity contribution < 1.29 is 9.53 Å². The summed E-state index contributed by atoms with van der Waals surface area (Å²) in [6, 6.07) is 3.71. The fourth-order valence-corrected chi connectivity index (χ4v) is 2.57. The van der Waals surface area contributed by atoms with Crippen molar-refractivity contribution >= 4 is 11.7 Å². The van der Waals surface area contributed by atoms with Crippen molar-refractivity contribution in [3.8, 4) is 0 Å². The lowest BCUT2D eigenvalue weighted by Gasteiger charge is -2.25. The summed E-state index contributed by atoms with van der Waals surface area (Å²) in [5, 5.41) is 13.9. The number of rotatable bonds is 4. The summed E-state index contributed by atoms with van der Waals surface area (Å²) in [7, 11) is 3.33. The summed E-state index contributed by atoms with van der Waals surface area (Å²) >= 11 is 0. The smallest absolute Gasteiger partial charge is 0.271 e. The lowest BCUT2D eigenvalue weighted by Crippen LogP contribution is -2.34. The first-order valence-electron chi connectivity index (χ1n) is 7.09. The Kier molecular flexibility index (Phi) is 5.29. The number of carbonyl (C=O) groups is 1. The molecule has 1 aromatic heterocycles. The van der Waals surface area contributed by atoms with E-state index in [0.717, 1.165) is 12.8 Å². The van der Waals surface area contributed by atoms with E-state index in [2.05, 4.69) is 20.8 Å². The maximum atomic E-state index is 11.4. The van der Waals surface area contributed by atoms with Crippen molar-refractivity contribution in [2.75, 3.05) is 19.5 Å². The monoisotopic (exact) mass is 278 g/mol. The number of amides is 1. The van der Waals surface area contributed by atoms with Gasteiger partial charge in [-0.05, 0) is 25.0 Å². The second kappa shape index (κ2) is 7.19. The number of carbonyl (C=O) groups excluding carboxylic acids is 1. The molecule has 0 aromatic carbocycles. The average molecular weight is 278 g/mol. The molecule has 2 N–H and O–H groups in total. The van der Waals surface area contributed by atoms with Gasteiger partial charge in [0.15, 0.2) is 5.69 Å². The van der Waals surface area contributed by atoms with Crippen LogP contribution in [0.2, 0.25) is 0 Å². The first-order chi connectivity index (χ1) is 9.74. The van der Waals surface area contributed by atoms with Gasteiger partial charge >= 0.3 is 0 Å². The molecule has 0 aliphatic heterocycles. The van der Waals surface area contributed by atoms with E-state index in [1.54, 1.807) is 26.3 Å². The van der Waals surface area contributed by atoms with Gasteiger partial charge in [-0.25, -0.2) is 0 Å². The van der Waals surface area contributed by atoms with Crippen LogP contribution in [-0.4, -0.2) is 42.4 Å². The molecule has 0 unspecified atom stereocenters. The average Bonchev–Trinajstić information content (AvgIpc) is 2.72. The summed E-state index contributed by atoms with van der Waals surface area (Å²) in [6.07, 6.45) is 5.99. The zero-order valence-corrected chi connectivity index (χ0v) is 12.1. The lowest BCUT2D eigenvalue weighted by atomic mass is 10.1. The fraction of sp³-hybridized carbons (Fsp3) is 0.643. The summed E-state index contributed by atoms with van der Waals surface area (Å²) in [4.78, 5) is 11.4. The van der Waals surface area contributed by atoms with Crippen molar-refractivity contribution in [2.45, 2.75) is 44.2 Å². The van der Waals surface area contributed by atoms with Crippen LogP contribution in [0.1, 0.15) is 42.6 Å². The third-order valence-electron chi connectivity index (χ3n) is 3.71. The Bertz CT molecular complexity index is 435. The summed E-state index contributed by atoms with van der Waals surface area (Å²) in [5.74, 6) is 0.458. The quantitative estimate of drug-likeness (QED) is 0.818. The number of methoxy groups -OCH3 is 1. The van der Waals surface area contributed by atoms with Crippen molar-refractivity contribution in [1.82, 2.24) is 15.5 Å². The normalized spacial score (nSPS) is 22.9. The van der Waals surface area contributed by atoms with E-state index in [1.807, 2.05) is 0 Å². The first-order valence-corrected chi connectivity index (χ1v) is 7.09. The van der Waals surface area contributed by atoms with Crippen LogP contribution < -0.4 is 10.6 Å². The van der Waals surface area contributed by atoms with Crippen LogP contribution in [0.15, 0.2) is 12.1 Å². The summed E-state index contributed by atoms with van der Waals surface area (Å²) in [5.41, 5.74) is 0.321. The Labute approximate surface area is 119 Å². The third kappa shape index (κ3) is 3.66. The number of anilines is 1. The van der Waals surface area contributed by atoms with E-state index < -0.39 is 0 Å². The molecule has 110 valence electrons. The molecule has 1 heterocycles. The molecule has 1 amide bonds. The van der Waals surface area contributed by atoms with Gasteiger partial charge in [0, 0.05) is 14.2 Å². The summed E-state index contributed by atoms with van der Waals surface area (Å²) < 4.78 is 5.56. The van der Waals surface area contributed by atoms with Gasteiger partial charge in [0.2, 0.25) is 0 Å². The molecular formula is C14H22N4O2. The van der Waals surface area contributed by atoms with Crippen LogP contribution in [-0.2, 0) is 4.74 Å². The highest BCUT2D eigenvalue weighted by Crippen LogP contribution is 2.22. The SMILES string of the molecule is CNC(=O)c1ccc(N[C@H]2CCCCC[C@@H]2OC)nn1. The second-order valence-corrected chi connectivity index (χ2v) is 5.05. The van der Waals surface area contributed by atoms with Crippen LogP contribution >= 0.6 is 0 Å². The zero-order chi connectivity index (χ0) is 14.4. The first kappa shape index (κ1) is 14.7. The number of nitrogens with one attached hydrogen (secondary N) is 2. The van der Waals surface area contributed by atoms with Gasteiger partial charge in [0.1, 0.15) is 5.82 Å². The maximum absolute atomic E-state index is 11.4. The Hall–Kier alpha value is -1.69. The van der Waals surface area contributed by atoms with Gasteiger partial charge in [0.25, 0.3) is 5.91 Å². The van der Waals surface area contributed by atoms with Gasteiger partial charge in [-0.3, -0.25) is 4.79 Å². The maximum Gasteiger partial charge on any atom is 0.271 e. The van der Waals surface area contributed by atoms with E-state index in [1.165, 1.54) is 19.3 Å². The van der Waals surface area contributed by atoms with E-state index in [4.69, 9.17) is 4.74 Å². The van der Waals surface area contributed by atoms with Gasteiger partial charge in [-0.15, -0.1) is 10.2 Å². The molecule has 1 aliphatic carbocycles. The zero-order valence-electron chi connectivity index (χ0n) is 12.1. The van der Waals surface area contributed by atoms with Crippen molar-refractivity contribution in [3.05, 3.63) is 17.8 Å². The van der Waals surface area contributed by atoms with Crippen LogP contribution in [0, 0.1) is 0 Å². The van der Waals surface area contributed by atoms with Gasteiger partial charge < -0.3 is 15.4 Å². The Morgan fingerprint density at radius 2 is 2.05 bits per heavy atom.